The summed E-state index contributed by atoms with van der Waals surface area (Å²) < 4.78 is 25.2. The molecule has 0 bridgehead atoms. The zero-order valence-corrected chi connectivity index (χ0v) is 22.5. The molecule has 5 amide bonds. The highest BCUT2D eigenvalue weighted by Gasteiger charge is 2.37. The van der Waals surface area contributed by atoms with Crippen molar-refractivity contribution >= 4 is 57.1 Å². The third kappa shape index (κ3) is 6.50. The molecule has 0 spiro atoms. The van der Waals surface area contributed by atoms with E-state index < -0.39 is 23.7 Å². The predicted octanol–water partition coefficient (Wildman–Crippen LogP) is 4.98. The van der Waals surface area contributed by atoms with E-state index in [1.54, 1.807) is 19.1 Å². The Hall–Kier alpha value is -4.51. The minimum Gasteiger partial charge on any atom is -0.490 e. The van der Waals surface area contributed by atoms with Gasteiger partial charge in [0.2, 0.25) is 0 Å². The molecule has 9 nitrogen and oxygen atoms in total. The van der Waals surface area contributed by atoms with Gasteiger partial charge >= 0.3 is 6.03 Å². The molecule has 39 heavy (non-hydrogen) atoms. The molecule has 3 aromatic carbocycles. The highest BCUT2D eigenvalue weighted by Crippen LogP contribution is 2.38. The number of hydrogen-bond acceptors (Lipinski definition) is 6. The summed E-state index contributed by atoms with van der Waals surface area (Å²) in [6, 6.07) is 14.2. The number of halogens is 2. The lowest BCUT2D eigenvalue weighted by Gasteiger charge is -2.26. The monoisotopic (exact) mass is 595 g/mol. The third-order valence-electron chi connectivity index (χ3n) is 5.48. The fourth-order valence-corrected chi connectivity index (χ4v) is 4.35. The first-order valence-corrected chi connectivity index (χ1v) is 12.6. The van der Waals surface area contributed by atoms with Crippen LogP contribution in [0.4, 0.5) is 20.6 Å². The van der Waals surface area contributed by atoms with E-state index in [0.29, 0.717) is 15.7 Å². The molecule has 1 heterocycles. The van der Waals surface area contributed by atoms with Crippen LogP contribution in [0.1, 0.15) is 18.1 Å². The van der Waals surface area contributed by atoms with Gasteiger partial charge in [-0.05, 0) is 95.5 Å². The largest absolute Gasteiger partial charge is 0.490 e. The average Bonchev–Trinajstić information content (AvgIpc) is 2.87. The molecule has 1 saturated heterocycles. The minimum atomic E-state index is -0.947. The van der Waals surface area contributed by atoms with Crippen LogP contribution in [-0.4, -0.2) is 37.0 Å². The maximum absolute atomic E-state index is 13.3. The molecular weight excluding hydrogens is 573 g/mol. The average molecular weight is 596 g/mol. The van der Waals surface area contributed by atoms with E-state index in [1.807, 2.05) is 25.1 Å². The summed E-state index contributed by atoms with van der Waals surface area (Å²) in [6.45, 7) is 3.64. The number of urea groups is 1. The van der Waals surface area contributed by atoms with Gasteiger partial charge in [0.05, 0.1) is 16.8 Å². The molecule has 0 aromatic heterocycles. The Balaban J connectivity index is 1.58. The fraction of sp³-hybridized carbons (Fsp3) is 0.143. The summed E-state index contributed by atoms with van der Waals surface area (Å²) in [5.74, 6) is -2.17. The fourth-order valence-electron chi connectivity index (χ4n) is 3.78. The first kappa shape index (κ1) is 27.5. The van der Waals surface area contributed by atoms with Crippen LogP contribution in [0.5, 0.6) is 11.5 Å². The van der Waals surface area contributed by atoms with Crippen LogP contribution >= 0.6 is 15.9 Å². The molecule has 200 valence electrons. The number of nitrogens with one attached hydrogen (secondary N) is 2. The summed E-state index contributed by atoms with van der Waals surface area (Å²) in [5.41, 5.74) is 1.79. The van der Waals surface area contributed by atoms with Crippen LogP contribution < -0.4 is 25.0 Å². The van der Waals surface area contributed by atoms with Gasteiger partial charge in [-0.3, -0.25) is 19.7 Å². The Morgan fingerprint density at radius 3 is 2.51 bits per heavy atom. The molecular formula is C28H23BrFN3O6. The molecule has 0 saturated carbocycles. The molecule has 4 rings (SSSR count). The number of carbonyl (C=O) groups excluding carboxylic acids is 4. The zero-order chi connectivity index (χ0) is 28.1. The summed E-state index contributed by atoms with van der Waals surface area (Å²) in [7, 11) is 0. The second-order valence-corrected chi connectivity index (χ2v) is 9.26. The lowest BCUT2D eigenvalue weighted by atomic mass is 10.1. The molecule has 2 N–H and O–H groups in total. The number of imide groups is 2. The van der Waals surface area contributed by atoms with Crippen molar-refractivity contribution in [1.29, 1.82) is 0 Å². The van der Waals surface area contributed by atoms with Crippen molar-refractivity contribution in [2.75, 3.05) is 23.4 Å². The van der Waals surface area contributed by atoms with Crippen LogP contribution in [0.2, 0.25) is 0 Å². The highest BCUT2D eigenvalue weighted by molar-refractivity contribution is 9.10. The summed E-state index contributed by atoms with van der Waals surface area (Å²) >= 11 is 3.40. The van der Waals surface area contributed by atoms with Crippen molar-refractivity contribution in [3.8, 4) is 11.5 Å². The number of rotatable bonds is 8. The highest BCUT2D eigenvalue weighted by atomic mass is 79.9. The van der Waals surface area contributed by atoms with Crippen molar-refractivity contribution in [1.82, 2.24) is 5.32 Å². The molecule has 3 aromatic rings. The number of anilines is 2. The normalized spacial score (nSPS) is 14.3. The van der Waals surface area contributed by atoms with Gasteiger partial charge in [-0.15, -0.1) is 0 Å². The molecule has 0 atom stereocenters. The second kappa shape index (κ2) is 11.9. The molecule has 1 fully saturated rings. The van der Waals surface area contributed by atoms with Crippen LogP contribution in [0.25, 0.3) is 6.08 Å². The number of carbonyl (C=O) groups is 4. The van der Waals surface area contributed by atoms with E-state index in [0.717, 1.165) is 22.6 Å². The zero-order valence-electron chi connectivity index (χ0n) is 20.9. The Kier molecular flexibility index (Phi) is 8.40. The number of hydrogen-bond donors (Lipinski definition) is 2. The molecule has 0 aliphatic carbocycles. The summed E-state index contributed by atoms with van der Waals surface area (Å²) in [4.78, 5) is 51.2. The predicted molar refractivity (Wildman–Crippen MR) is 146 cm³/mol. The van der Waals surface area contributed by atoms with Gasteiger partial charge in [0.25, 0.3) is 17.7 Å². The van der Waals surface area contributed by atoms with Gasteiger partial charge < -0.3 is 14.8 Å². The van der Waals surface area contributed by atoms with Gasteiger partial charge in [0, 0.05) is 5.69 Å². The van der Waals surface area contributed by atoms with Gasteiger partial charge in [-0.25, -0.2) is 14.1 Å². The Morgan fingerprint density at radius 2 is 1.82 bits per heavy atom. The first-order chi connectivity index (χ1) is 18.7. The van der Waals surface area contributed by atoms with E-state index >= 15 is 0 Å². The maximum Gasteiger partial charge on any atom is 0.335 e. The number of benzene rings is 3. The molecule has 0 unspecified atom stereocenters. The van der Waals surface area contributed by atoms with Crippen molar-refractivity contribution in [2.45, 2.75) is 13.8 Å². The van der Waals surface area contributed by atoms with E-state index in [4.69, 9.17) is 9.47 Å². The maximum atomic E-state index is 13.3. The second-order valence-electron chi connectivity index (χ2n) is 8.40. The third-order valence-corrected chi connectivity index (χ3v) is 6.07. The van der Waals surface area contributed by atoms with Crippen LogP contribution in [-0.2, 0) is 14.4 Å². The van der Waals surface area contributed by atoms with E-state index in [9.17, 15) is 23.6 Å². The lowest BCUT2D eigenvalue weighted by Crippen LogP contribution is -2.54. The minimum absolute atomic E-state index is 0.0983. The topological polar surface area (TPSA) is 114 Å². The molecule has 0 radical (unpaired) electrons. The van der Waals surface area contributed by atoms with E-state index in [-0.39, 0.29) is 41.9 Å². The first-order valence-electron chi connectivity index (χ1n) is 11.8. The van der Waals surface area contributed by atoms with Crippen molar-refractivity contribution in [3.63, 3.8) is 0 Å². The Labute approximate surface area is 231 Å². The summed E-state index contributed by atoms with van der Waals surface area (Å²) in [6.07, 6.45) is 1.29. The van der Waals surface area contributed by atoms with Crippen molar-refractivity contribution < 1.29 is 33.0 Å². The lowest BCUT2D eigenvalue weighted by molar-refractivity contribution is -0.122. The molecule has 11 heteroatoms. The van der Waals surface area contributed by atoms with Crippen LogP contribution in [0.15, 0.2) is 70.7 Å². The van der Waals surface area contributed by atoms with Gasteiger partial charge in [-0.1, -0.05) is 12.1 Å². The molecule has 1 aliphatic heterocycles. The van der Waals surface area contributed by atoms with Crippen molar-refractivity contribution in [3.05, 3.63) is 87.7 Å². The Morgan fingerprint density at radius 1 is 1.08 bits per heavy atom. The van der Waals surface area contributed by atoms with Crippen molar-refractivity contribution in [2.24, 2.45) is 0 Å². The quantitative estimate of drug-likeness (QED) is 0.280. The molecule has 1 aliphatic rings. The number of amides is 5. The number of barbiturate groups is 1. The van der Waals surface area contributed by atoms with Crippen LogP contribution in [0, 0.1) is 12.7 Å². The number of nitrogens with zero attached hydrogens (tertiary/aromatic N) is 1. The number of aryl methyl sites for hydroxylation is 1. The van der Waals surface area contributed by atoms with E-state index in [2.05, 4.69) is 26.6 Å². The number of ether oxygens (including phenoxy) is 2. The standard InChI is InChI=1S/C28H23BrFN3O6/c1-3-38-23-14-17(13-22(29)25(23)39-15-24(34)31-19-6-4-5-16(2)11-19)12-21-26(35)32-28(37)33(27(21)36)20-9-7-18(30)8-10-20/h4-14H,3,15H2,1-2H3,(H,31,34)(H,32,35,37)/b21-12+. The van der Waals surface area contributed by atoms with Gasteiger partial charge in [-0.2, -0.15) is 0 Å². The smallest absolute Gasteiger partial charge is 0.335 e. The van der Waals surface area contributed by atoms with E-state index in [1.165, 1.54) is 24.3 Å². The van der Waals surface area contributed by atoms with Gasteiger partial charge in [0.15, 0.2) is 18.1 Å². The summed E-state index contributed by atoms with van der Waals surface area (Å²) in [5, 5.41) is 4.88. The van der Waals surface area contributed by atoms with Crippen LogP contribution in [0.3, 0.4) is 0 Å². The Bertz CT molecular complexity index is 1490. The SMILES string of the molecule is CCOc1cc(/C=C2\C(=O)NC(=O)N(c3ccc(F)cc3)C2=O)cc(Br)c1OCC(=O)Nc1cccc(C)c1. The van der Waals surface area contributed by atoms with Gasteiger partial charge in [0.1, 0.15) is 11.4 Å².